The number of rotatable bonds is 6. The Hall–Kier alpha value is -4.16. The van der Waals surface area contributed by atoms with Gasteiger partial charge in [0.25, 0.3) is 5.91 Å². The van der Waals surface area contributed by atoms with E-state index in [1.807, 2.05) is 48.5 Å². The quantitative estimate of drug-likeness (QED) is 0.382. The second kappa shape index (κ2) is 9.54. The second-order valence-electron chi connectivity index (χ2n) is 7.26. The maximum Gasteiger partial charge on any atom is 0.352 e. The summed E-state index contributed by atoms with van der Waals surface area (Å²) in [6, 6.07) is 25.2. The molecule has 0 unspecified atom stereocenters. The minimum Gasteiger partial charge on any atom is -0.477 e. The van der Waals surface area contributed by atoms with Crippen LogP contribution in [0.3, 0.4) is 0 Å². The number of aryl methyl sites for hydroxylation is 1. The Morgan fingerprint density at radius 2 is 1.55 bits per heavy atom. The molecule has 6 nitrogen and oxygen atoms in total. The Morgan fingerprint density at radius 1 is 0.939 bits per heavy atom. The highest BCUT2D eigenvalue weighted by Gasteiger charge is 2.21. The largest absolute Gasteiger partial charge is 0.477 e. The number of nitrogens with one attached hydrogen (secondary N) is 1. The summed E-state index contributed by atoms with van der Waals surface area (Å²) >= 11 is 6.45. The van der Waals surface area contributed by atoms with Crippen molar-refractivity contribution in [2.24, 2.45) is 0 Å². The standard InChI is InChI=1S/C26H20ClN3O3/c1-17-20(16-22(26(32)33)28-25(31)19-12-6-3-7-13-19)24(18-10-4-2-5-11-18)30(29-17)23-15-9-8-14-21(23)27/h2-16H,1H3,(H,28,31)(H,32,33)/b22-16+. The van der Waals surface area contributed by atoms with Crippen molar-refractivity contribution in [3.63, 3.8) is 0 Å². The number of hydrogen-bond acceptors (Lipinski definition) is 3. The van der Waals surface area contributed by atoms with Crippen molar-refractivity contribution in [2.45, 2.75) is 6.92 Å². The van der Waals surface area contributed by atoms with Crippen LogP contribution in [0.1, 0.15) is 21.6 Å². The van der Waals surface area contributed by atoms with Gasteiger partial charge in [0, 0.05) is 16.7 Å². The van der Waals surface area contributed by atoms with Crippen molar-refractivity contribution in [2.75, 3.05) is 0 Å². The average molecular weight is 458 g/mol. The lowest BCUT2D eigenvalue weighted by Gasteiger charge is -2.11. The zero-order chi connectivity index (χ0) is 23.4. The summed E-state index contributed by atoms with van der Waals surface area (Å²) in [5.41, 5.74) is 3.39. The molecule has 3 aromatic carbocycles. The first-order valence-electron chi connectivity index (χ1n) is 10.2. The Balaban J connectivity index is 1.87. The second-order valence-corrected chi connectivity index (χ2v) is 7.67. The van der Waals surface area contributed by atoms with Gasteiger partial charge in [0.05, 0.1) is 22.1 Å². The highest BCUT2D eigenvalue weighted by atomic mass is 35.5. The topological polar surface area (TPSA) is 84.2 Å². The van der Waals surface area contributed by atoms with Crippen molar-refractivity contribution >= 4 is 29.6 Å². The molecule has 0 bridgehead atoms. The van der Waals surface area contributed by atoms with E-state index in [9.17, 15) is 14.7 Å². The molecule has 0 aliphatic carbocycles. The van der Waals surface area contributed by atoms with E-state index >= 15 is 0 Å². The number of para-hydroxylation sites is 1. The van der Waals surface area contributed by atoms with Crippen molar-refractivity contribution in [1.29, 1.82) is 0 Å². The van der Waals surface area contributed by atoms with Crippen LogP contribution in [0.25, 0.3) is 23.0 Å². The summed E-state index contributed by atoms with van der Waals surface area (Å²) in [6.45, 7) is 1.78. The number of carbonyl (C=O) groups is 2. The monoisotopic (exact) mass is 457 g/mol. The molecule has 0 saturated heterocycles. The summed E-state index contributed by atoms with van der Waals surface area (Å²) in [4.78, 5) is 24.6. The molecule has 0 atom stereocenters. The van der Waals surface area contributed by atoms with Crippen LogP contribution >= 0.6 is 11.6 Å². The summed E-state index contributed by atoms with van der Waals surface area (Å²) in [5.74, 6) is -1.77. The van der Waals surface area contributed by atoms with Crippen LogP contribution in [-0.2, 0) is 4.79 Å². The first-order valence-corrected chi connectivity index (χ1v) is 10.5. The Morgan fingerprint density at radius 3 is 2.18 bits per heavy atom. The average Bonchev–Trinajstić information content (AvgIpc) is 3.15. The normalized spacial score (nSPS) is 11.3. The molecule has 0 saturated carbocycles. The highest BCUT2D eigenvalue weighted by molar-refractivity contribution is 6.32. The first kappa shape index (κ1) is 22.0. The van der Waals surface area contributed by atoms with Gasteiger partial charge in [-0.3, -0.25) is 4.79 Å². The van der Waals surface area contributed by atoms with Crippen molar-refractivity contribution in [1.82, 2.24) is 15.1 Å². The molecular weight excluding hydrogens is 438 g/mol. The third kappa shape index (κ3) is 4.71. The molecule has 0 aliphatic heterocycles. The molecule has 33 heavy (non-hydrogen) atoms. The zero-order valence-electron chi connectivity index (χ0n) is 17.7. The molecule has 1 aromatic heterocycles. The third-order valence-electron chi connectivity index (χ3n) is 5.04. The van der Waals surface area contributed by atoms with Gasteiger partial charge in [0.1, 0.15) is 5.70 Å². The SMILES string of the molecule is Cc1nn(-c2ccccc2Cl)c(-c2ccccc2)c1/C=C(/NC(=O)c1ccccc1)C(=O)O. The van der Waals surface area contributed by atoms with Gasteiger partial charge in [-0.1, -0.05) is 72.3 Å². The van der Waals surface area contributed by atoms with Gasteiger partial charge in [-0.15, -0.1) is 0 Å². The third-order valence-corrected chi connectivity index (χ3v) is 5.36. The van der Waals surface area contributed by atoms with E-state index in [1.165, 1.54) is 6.08 Å². The van der Waals surface area contributed by atoms with Crippen LogP contribution in [0.4, 0.5) is 0 Å². The van der Waals surface area contributed by atoms with Gasteiger partial charge >= 0.3 is 5.97 Å². The summed E-state index contributed by atoms with van der Waals surface area (Å²) in [6.07, 6.45) is 1.43. The van der Waals surface area contributed by atoms with Crippen LogP contribution in [0.15, 0.2) is 90.6 Å². The number of carboxylic acid groups (broad SMARTS) is 1. The lowest BCUT2D eigenvalue weighted by Crippen LogP contribution is -2.27. The molecule has 1 amide bonds. The number of nitrogens with zero attached hydrogens (tertiary/aromatic N) is 2. The van der Waals surface area contributed by atoms with Gasteiger partial charge < -0.3 is 10.4 Å². The molecule has 4 aromatic rings. The molecule has 1 heterocycles. The number of carboxylic acids is 1. The Kier molecular flexibility index (Phi) is 6.38. The Labute approximate surface area is 195 Å². The summed E-state index contributed by atoms with van der Waals surface area (Å²) in [5, 5.41) is 17.5. The smallest absolute Gasteiger partial charge is 0.352 e. The number of carbonyl (C=O) groups excluding carboxylic acids is 1. The summed E-state index contributed by atoms with van der Waals surface area (Å²) in [7, 11) is 0. The lowest BCUT2D eigenvalue weighted by molar-refractivity contribution is -0.132. The van der Waals surface area contributed by atoms with Gasteiger partial charge in [0.2, 0.25) is 0 Å². The van der Waals surface area contributed by atoms with E-state index < -0.39 is 11.9 Å². The zero-order valence-corrected chi connectivity index (χ0v) is 18.5. The summed E-state index contributed by atoms with van der Waals surface area (Å²) < 4.78 is 1.69. The van der Waals surface area contributed by atoms with Crippen molar-refractivity contribution in [3.8, 4) is 16.9 Å². The number of hydrogen-bond donors (Lipinski definition) is 2. The molecule has 4 rings (SSSR count). The maximum absolute atomic E-state index is 12.6. The van der Waals surface area contributed by atoms with E-state index in [0.29, 0.717) is 33.2 Å². The molecule has 0 fully saturated rings. The molecule has 0 aliphatic rings. The maximum atomic E-state index is 12.6. The lowest BCUT2D eigenvalue weighted by atomic mass is 10.0. The molecule has 0 radical (unpaired) electrons. The van der Waals surface area contributed by atoms with Crippen LogP contribution in [0.2, 0.25) is 5.02 Å². The van der Waals surface area contributed by atoms with Crippen LogP contribution < -0.4 is 5.32 Å². The predicted octanol–water partition coefficient (Wildman–Crippen LogP) is 5.36. The van der Waals surface area contributed by atoms with E-state index in [2.05, 4.69) is 10.4 Å². The van der Waals surface area contributed by atoms with E-state index in [1.54, 1.807) is 48.0 Å². The first-order chi connectivity index (χ1) is 16.0. The number of benzene rings is 3. The number of aromatic nitrogens is 2. The van der Waals surface area contributed by atoms with Crippen LogP contribution in [0, 0.1) is 6.92 Å². The van der Waals surface area contributed by atoms with Crippen molar-refractivity contribution in [3.05, 3.63) is 112 Å². The van der Waals surface area contributed by atoms with Crippen molar-refractivity contribution < 1.29 is 14.7 Å². The predicted molar refractivity (Wildman–Crippen MR) is 128 cm³/mol. The van der Waals surface area contributed by atoms with Crippen LogP contribution in [-0.4, -0.2) is 26.8 Å². The fourth-order valence-electron chi connectivity index (χ4n) is 3.46. The molecule has 2 N–H and O–H groups in total. The molecule has 164 valence electrons. The van der Waals surface area contributed by atoms with E-state index in [0.717, 1.165) is 5.56 Å². The minimum atomic E-state index is -1.26. The Bertz CT molecular complexity index is 1350. The number of aliphatic carboxylic acids is 1. The van der Waals surface area contributed by atoms with E-state index in [-0.39, 0.29) is 5.70 Å². The number of amides is 1. The minimum absolute atomic E-state index is 0.261. The van der Waals surface area contributed by atoms with Gasteiger partial charge in [-0.2, -0.15) is 5.10 Å². The van der Waals surface area contributed by atoms with Crippen LogP contribution in [0.5, 0.6) is 0 Å². The molecule has 0 spiro atoms. The molecule has 7 heteroatoms. The van der Waals surface area contributed by atoms with Gasteiger partial charge in [-0.25, -0.2) is 9.48 Å². The fourth-order valence-corrected chi connectivity index (χ4v) is 3.68. The van der Waals surface area contributed by atoms with E-state index in [4.69, 9.17) is 11.6 Å². The van der Waals surface area contributed by atoms with Gasteiger partial charge in [-0.05, 0) is 37.3 Å². The number of halogens is 1. The fraction of sp³-hybridized carbons (Fsp3) is 0.0385. The van der Waals surface area contributed by atoms with Gasteiger partial charge in [0.15, 0.2) is 0 Å². The highest BCUT2D eigenvalue weighted by Crippen LogP contribution is 2.32. The molecular formula is C26H20ClN3O3.